The van der Waals surface area contributed by atoms with Crippen molar-refractivity contribution in [2.24, 2.45) is 0 Å². The van der Waals surface area contributed by atoms with E-state index in [0.29, 0.717) is 18.6 Å². The molecule has 1 aromatic carbocycles. The number of phenols is 1. The van der Waals surface area contributed by atoms with Crippen LogP contribution in [0, 0.1) is 0 Å². The average molecular weight is 322 g/mol. The van der Waals surface area contributed by atoms with Crippen LogP contribution in [0.15, 0.2) is 12.1 Å². The van der Waals surface area contributed by atoms with Gasteiger partial charge in [0.15, 0.2) is 0 Å². The van der Waals surface area contributed by atoms with Gasteiger partial charge < -0.3 is 9.84 Å². The van der Waals surface area contributed by atoms with Crippen molar-refractivity contribution in [3.05, 3.63) is 28.8 Å². The van der Waals surface area contributed by atoms with Gasteiger partial charge in [0, 0.05) is 6.42 Å². The van der Waals surface area contributed by atoms with Crippen LogP contribution in [0.2, 0.25) is 0 Å². The van der Waals surface area contributed by atoms with Gasteiger partial charge in [-0.2, -0.15) is 0 Å². The minimum absolute atomic E-state index is 0.147. The standard InChI is InChI=1S/C18H28O3.C2H6/c1-17(2,3)13-10-12(8-9-15(19)21-7)11-14(16(13)20)18(4,5)6;1-2/h10-11,20H,8-9H2,1-7H3;1-2H3. The second-order valence-electron chi connectivity index (χ2n) is 7.62. The molecule has 0 heterocycles. The lowest BCUT2D eigenvalue weighted by molar-refractivity contribution is -0.140. The zero-order valence-electron chi connectivity index (χ0n) is 16.3. The lowest BCUT2D eigenvalue weighted by Gasteiger charge is -2.28. The van der Waals surface area contributed by atoms with Crippen molar-refractivity contribution in [3.8, 4) is 5.75 Å². The van der Waals surface area contributed by atoms with E-state index in [9.17, 15) is 9.90 Å². The second-order valence-corrected chi connectivity index (χ2v) is 7.62. The molecular weight excluding hydrogens is 288 g/mol. The number of rotatable bonds is 3. The Balaban J connectivity index is 0.00000232. The molecule has 0 aliphatic carbocycles. The van der Waals surface area contributed by atoms with E-state index in [4.69, 9.17) is 4.74 Å². The summed E-state index contributed by atoms with van der Waals surface area (Å²) in [5.74, 6) is 0.162. The quantitative estimate of drug-likeness (QED) is 0.786. The number of esters is 1. The molecule has 0 unspecified atom stereocenters. The van der Waals surface area contributed by atoms with Crippen molar-refractivity contribution in [2.75, 3.05) is 7.11 Å². The summed E-state index contributed by atoms with van der Waals surface area (Å²) in [4.78, 5) is 11.3. The predicted molar refractivity (Wildman–Crippen MR) is 97.2 cm³/mol. The van der Waals surface area contributed by atoms with Crippen LogP contribution < -0.4 is 0 Å². The molecule has 0 atom stereocenters. The highest BCUT2D eigenvalue weighted by molar-refractivity contribution is 5.69. The first-order valence-corrected chi connectivity index (χ1v) is 8.40. The van der Waals surface area contributed by atoms with Crippen molar-refractivity contribution < 1.29 is 14.6 Å². The van der Waals surface area contributed by atoms with Gasteiger partial charge in [0.05, 0.1) is 7.11 Å². The number of hydrogen-bond acceptors (Lipinski definition) is 3. The number of methoxy groups -OCH3 is 1. The second kappa shape index (κ2) is 8.37. The average Bonchev–Trinajstić information content (AvgIpc) is 2.45. The minimum atomic E-state index is -0.210. The molecule has 0 saturated carbocycles. The normalized spacial score (nSPS) is 11.5. The third kappa shape index (κ3) is 6.25. The fourth-order valence-electron chi connectivity index (χ4n) is 2.33. The summed E-state index contributed by atoms with van der Waals surface area (Å²) in [5.41, 5.74) is 2.62. The van der Waals surface area contributed by atoms with Crippen molar-refractivity contribution in [2.45, 2.75) is 79.1 Å². The number of benzene rings is 1. The number of aryl methyl sites for hydroxylation is 1. The number of phenolic OH excluding ortho intramolecular Hbond substituents is 1. The number of hydrogen-bond donors (Lipinski definition) is 1. The van der Waals surface area contributed by atoms with E-state index in [-0.39, 0.29) is 16.8 Å². The fourth-order valence-corrected chi connectivity index (χ4v) is 2.33. The van der Waals surface area contributed by atoms with E-state index >= 15 is 0 Å². The smallest absolute Gasteiger partial charge is 0.305 e. The van der Waals surface area contributed by atoms with Crippen LogP contribution in [0.25, 0.3) is 0 Å². The van der Waals surface area contributed by atoms with E-state index < -0.39 is 0 Å². The van der Waals surface area contributed by atoms with Gasteiger partial charge >= 0.3 is 5.97 Å². The van der Waals surface area contributed by atoms with Gasteiger partial charge in [-0.1, -0.05) is 67.5 Å². The van der Waals surface area contributed by atoms with E-state index in [1.165, 1.54) is 7.11 Å². The molecule has 3 nitrogen and oxygen atoms in total. The third-order valence-corrected chi connectivity index (χ3v) is 3.63. The molecule has 0 amide bonds. The van der Waals surface area contributed by atoms with Gasteiger partial charge in [-0.25, -0.2) is 0 Å². The zero-order chi connectivity index (χ0) is 18.4. The molecule has 0 saturated heterocycles. The Bertz CT molecular complexity index is 482. The highest BCUT2D eigenvalue weighted by Gasteiger charge is 2.26. The molecule has 1 aromatic rings. The first-order valence-electron chi connectivity index (χ1n) is 8.40. The minimum Gasteiger partial charge on any atom is -0.507 e. The Morgan fingerprint density at radius 1 is 1.00 bits per heavy atom. The number of aromatic hydroxyl groups is 1. The van der Waals surface area contributed by atoms with E-state index in [2.05, 4.69) is 41.5 Å². The van der Waals surface area contributed by atoms with Crippen molar-refractivity contribution in [1.82, 2.24) is 0 Å². The van der Waals surface area contributed by atoms with Crippen LogP contribution in [0.3, 0.4) is 0 Å². The molecule has 3 heteroatoms. The summed E-state index contributed by atoms with van der Waals surface area (Å²) in [6, 6.07) is 4.01. The van der Waals surface area contributed by atoms with Gasteiger partial charge in [0.1, 0.15) is 5.75 Å². The maximum Gasteiger partial charge on any atom is 0.305 e. The molecule has 0 bridgehead atoms. The van der Waals surface area contributed by atoms with Gasteiger partial charge in [0.25, 0.3) is 0 Å². The SMILES string of the molecule is CC.COC(=O)CCc1cc(C(C)(C)C)c(O)c(C(C)(C)C)c1. The topological polar surface area (TPSA) is 46.5 Å². The Kier molecular flexibility index (Phi) is 7.82. The lowest BCUT2D eigenvalue weighted by Crippen LogP contribution is -2.18. The highest BCUT2D eigenvalue weighted by atomic mass is 16.5. The highest BCUT2D eigenvalue weighted by Crippen LogP contribution is 2.39. The lowest BCUT2D eigenvalue weighted by atomic mass is 9.78. The number of ether oxygens (including phenoxy) is 1. The van der Waals surface area contributed by atoms with Crippen LogP contribution in [-0.2, 0) is 26.8 Å². The van der Waals surface area contributed by atoms with Crippen molar-refractivity contribution >= 4 is 5.97 Å². The predicted octanol–water partition coefficient (Wildman–Crippen LogP) is 5.12. The maximum atomic E-state index is 11.3. The Labute approximate surface area is 142 Å². The van der Waals surface area contributed by atoms with Crippen molar-refractivity contribution in [1.29, 1.82) is 0 Å². The first kappa shape index (κ1) is 21.5. The summed E-state index contributed by atoms with van der Waals surface area (Å²) >= 11 is 0. The van der Waals surface area contributed by atoms with E-state index in [1.807, 2.05) is 26.0 Å². The Morgan fingerprint density at radius 3 is 1.70 bits per heavy atom. The molecule has 0 aliphatic heterocycles. The van der Waals surface area contributed by atoms with Gasteiger partial charge in [-0.15, -0.1) is 0 Å². The van der Waals surface area contributed by atoms with Crippen molar-refractivity contribution in [3.63, 3.8) is 0 Å². The molecule has 0 spiro atoms. The summed E-state index contributed by atoms with van der Waals surface area (Å²) in [6.07, 6.45) is 0.980. The first-order chi connectivity index (χ1) is 10.5. The van der Waals surface area contributed by atoms with Gasteiger partial charge in [-0.3, -0.25) is 4.79 Å². The monoisotopic (exact) mass is 322 g/mol. The number of carbonyl (C=O) groups excluding carboxylic acids is 1. The molecule has 0 fully saturated rings. The summed E-state index contributed by atoms with van der Waals surface area (Å²) in [7, 11) is 1.40. The van der Waals surface area contributed by atoms with Crippen LogP contribution >= 0.6 is 0 Å². The van der Waals surface area contributed by atoms with Gasteiger partial charge in [-0.05, 0) is 33.9 Å². The molecule has 1 N–H and O–H groups in total. The maximum absolute atomic E-state index is 11.3. The molecule has 1 rings (SSSR count). The largest absolute Gasteiger partial charge is 0.507 e. The fraction of sp³-hybridized carbons (Fsp3) is 0.650. The van der Waals surface area contributed by atoms with E-state index in [0.717, 1.165) is 16.7 Å². The molecule has 23 heavy (non-hydrogen) atoms. The molecule has 0 aliphatic rings. The Hall–Kier alpha value is -1.51. The Morgan fingerprint density at radius 2 is 1.39 bits per heavy atom. The van der Waals surface area contributed by atoms with E-state index in [1.54, 1.807) is 0 Å². The molecule has 132 valence electrons. The summed E-state index contributed by atoms with van der Waals surface area (Å²) < 4.78 is 4.70. The molecule has 0 aromatic heterocycles. The molecular formula is C20H34O3. The third-order valence-electron chi connectivity index (χ3n) is 3.63. The van der Waals surface area contributed by atoms with Crippen LogP contribution in [-0.4, -0.2) is 18.2 Å². The van der Waals surface area contributed by atoms with Crippen LogP contribution in [0.5, 0.6) is 5.75 Å². The summed E-state index contributed by atoms with van der Waals surface area (Å²) in [5, 5.41) is 10.6. The zero-order valence-corrected chi connectivity index (χ0v) is 16.3. The molecule has 0 radical (unpaired) electrons. The summed E-state index contributed by atoms with van der Waals surface area (Å²) in [6.45, 7) is 16.5. The van der Waals surface area contributed by atoms with Crippen LogP contribution in [0.4, 0.5) is 0 Å². The number of carbonyl (C=O) groups is 1. The van der Waals surface area contributed by atoms with Crippen LogP contribution in [0.1, 0.15) is 78.5 Å². The van der Waals surface area contributed by atoms with Gasteiger partial charge in [0.2, 0.25) is 0 Å².